The van der Waals surface area contributed by atoms with Crippen molar-refractivity contribution < 1.29 is 19.0 Å². The average molecular weight is 515 g/mol. The van der Waals surface area contributed by atoms with Gasteiger partial charge >= 0.3 is 0 Å². The number of methoxy groups -OCH3 is 2. The maximum absolute atomic E-state index is 11.4. The lowest BCUT2D eigenvalue weighted by Crippen LogP contribution is -2.36. The zero-order valence-corrected chi connectivity index (χ0v) is 21.6. The lowest BCUT2D eigenvalue weighted by Gasteiger charge is -2.28. The summed E-state index contributed by atoms with van der Waals surface area (Å²) in [5, 5.41) is 10.2. The van der Waals surface area contributed by atoms with Crippen LogP contribution in [-0.4, -0.2) is 56.4 Å². The number of rotatable bonds is 8. The van der Waals surface area contributed by atoms with Gasteiger partial charge in [0.15, 0.2) is 11.5 Å². The van der Waals surface area contributed by atoms with Crippen molar-refractivity contribution in [2.24, 2.45) is 0 Å². The summed E-state index contributed by atoms with van der Waals surface area (Å²) in [6, 6.07) is 19.3. The quantitative estimate of drug-likeness (QED) is 0.301. The molecule has 1 aliphatic heterocycles. The molecule has 0 unspecified atom stereocenters. The molecule has 0 radical (unpaired) electrons. The number of carbonyl (C=O) groups is 1. The minimum absolute atomic E-state index is 0.123. The van der Waals surface area contributed by atoms with Gasteiger partial charge in [-0.15, -0.1) is 0 Å². The Balaban J connectivity index is 1.46. The zero-order chi connectivity index (χ0) is 26.5. The number of hydrogen-bond acceptors (Lipinski definition) is 9. The van der Waals surface area contributed by atoms with Crippen molar-refractivity contribution in [2.75, 3.05) is 61.4 Å². The zero-order valence-electron chi connectivity index (χ0n) is 21.6. The van der Waals surface area contributed by atoms with Crippen LogP contribution in [-0.2, 0) is 9.53 Å². The molecule has 1 saturated heterocycles. The first-order valence-electron chi connectivity index (χ1n) is 12.3. The molecule has 0 saturated carbocycles. The van der Waals surface area contributed by atoms with Crippen LogP contribution in [0.5, 0.6) is 11.5 Å². The summed E-state index contributed by atoms with van der Waals surface area (Å²) in [6.45, 7) is 4.72. The van der Waals surface area contributed by atoms with Gasteiger partial charge in [0.05, 0.1) is 33.0 Å². The predicted octanol–water partition coefficient (Wildman–Crippen LogP) is 4.93. The molecule has 4 aromatic rings. The third-order valence-corrected chi connectivity index (χ3v) is 6.17. The van der Waals surface area contributed by atoms with E-state index in [2.05, 4.69) is 33.0 Å². The van der Waals surface area contributed by atoms with Crippen molar-refractivity contribution in [3.8, 4) is 11.5 Å². The van der Waals surface area contributed by atoms with Gasteiger partial charge in [0.1, 0.15) is 5.82 Å². The number of aromatic nitrogens is 2. The summed E-state index contributed by atoms with van der Waals surface area (Å²) < 4.78 is 16.5. The molecule has 196 valence electrons. The fraction of sp³-hybridized carbons (Fsp3) is 0.250. The summed E-state index contributed by atoms with van der Waals surface area (Å²) in [5.41, 5.74) is 4.22. The molecule has 10 nitrogen and oxygen atoms in total. The van der Waals surface area contributed by atoms with E-state index in [-0.39, 0.29) is 5.91 Å². The average Bonchev–Trinajstić information content (AvgIpc) is 2.94. The molecule has 0 spiro atoms. The molecule has 3 N–H and O–H groups in total. The van der Waals surface area contributed by atoms with E-state index >= 15 is 0 Å². The second-order valence-corrected chi connectivity index (χ2v) is 8.77. The first-order valence-corrected chi connectivity index (χ1v) is 12.3. The van der Waals surface area contributed by atoms with Crippen molar-refractivity contribution in [1.29, 1.82) is 0 Å². The largest absolute Gasteiger partial charge is 0.493 e. The summed E-state index contributed by atoms with van der Waals surface area (Å²) in [4.78, 5) is 23.2. The van der Waals surface area contributed by atoms with Crippen molar-refractivity contribution in [3.05, 3.63) is 60.7 Å². The lowest BCUT2D eigenvalue weighted by atomic mass is 10.2. The fourth-order valence-electron chi connectivity index (χ4n) is 4.29. The van der Waals surface area contributed by atoms with Gasteiger partial charge in [-0.1, -0.05) is 0 Å². The Hall–Kier alpha value is -4.57. The van der Waals surface area contributed by atoms with Gasteiger partial charge in [0.25, 0.3) is 0 Å². The number of ether oxygens (including phenoxy) is 3. The number of morpholine rings is 1. The highest BCUT2D eigenvalue weighted by Gasteiger charge is 2.15. The molecule has 1 aromatic heterocycles. The van der Waals surface area contributed by atoms with Gasteiger partial charge in [-0.25, -0.2) is 4.98 Å². The highest BCUT2D eigenvalue weighted by molar-refractivity contribution is 5.94. The van der Waals surface area contributed by atoms with E-state index in [1.807, 2.05) is 48.5 Å². The number of benzene rings is 3. The van der Waals surface area contributed by atoms with Crippen LogP contribution in [0, 0.1) is 0 Å². The molecule has 1 amide bonds. The normalized spacial score (nSPS) is 13.2. The van der Waals surface area contributed by atoms with E-state index in [4.69, 9.17) is 24.2 Å². The molecular weight excluding hydrogens is 484 g/mol. The van der Waals surface area contributed by atoms with Gasteiger partial charge in [-0.05, 0) is 54.6 Å². The van der Waals surface area contributed by atoms with Crippen LogP contribution < -0.4 is 30.3 Å². The summed E-state index contributed by atoms with van der Waals surface area (Å²) in [7, 11) is 3.19. The van der Waals surface area contributed by atoms with Gasteiger partial charge in [-0.3, -0.25) is 4.79 Å². The van der Waals surface area contributed by atoms with Gasteiger partial charge in [-0.2, -0.15) is 4.98 Å². The monoisotopic (exact) mass is 514 g/mol. The Morgan fingerprint density at radius 3 is 2.11 bits per heavy atom. The minimum Gasteiger partial charge on any atom is -0.493 e. The van der Waals surface area contributed by atoms with Crippen LogP contribution in [0.25, 0.3) is 10.9 Å². The maximum Gasteiger partial charge on any atom is 0.229 e. The third kappa shape index (κ3) is 5.70. The lowest BCUT2D eigenvalue weighted by molar-refractivity contribution is -0.114. The Morgan fingerprint density at radius 2 is 1.45 bits per heavy atom. The van der Waals surface area contributed by atoms with Gasteiger partial charge in [0.2, 0.25) is 11.9 Å². The van der Waals surface area contributed by atoms with E-state index in [0.29, 0.717) is 34.5 Å². The van der Waals surface area contributed by atoms with E-state index < -0.39 is 0 Å². The van der Waals surface area contributed by atoms with Crippen LogP contribution >= 0.6 is 0 Å². The fourth-order valence-corrected chi connectivity index (χ4v) is 4.29. The summed E-state index contributed by atoms with van der Waals surface area (Å²) in [6.07, 6.45) is 0. The first kappa shape index (κ1) is 25.1. The Kier molecular flexibility index (Phi) is 7.41. The van der Waals surface area contributed by atoms with Gasteiger partial charge in [0, 0.05) is 54.2 Å². The number of nitrogens with zero attached hydrogens (tertiary/aromatic N) is 3. The van der Waals surface area contributed by atoms with Crippen LogP contribution in [0.1, 0.15) is 6.92 Å². The molecule has 1 fully saturated rings. The van der Waals surface area contributed by atoms with Crippen LogP contribution in [0.3, 0.4) is 0 Å². The van der Waals surface area contributed by atoms with E-state index in [9.17, 15) is 4.79 Å². The van der Waals surface area contributed by atoms with Crippen molar-refractivity contribution in [3.63, 3.8) is 0 Å². The molecule has 3 aromatic carbocycles. The second-order valence-electron chi connectivity index (χ2n) is 8.77. The molecule has 10 heteroatoms. The van der Waals surface area contributed by atoms with Gasteiger partial charge < -0.3 is 35.1 Å². The Bertz CT molecular complexity index is 1420. The van der Waals surface area contributed by atoms with E-state index in [0.717, 1.165) is 48.8 Å². The Morgan fingerprint density at radius 1 is 0.842 bits per heavy atom. The third-order valence-electron chi connectivity index (χ3n) is 6.17. The standard InChI is InChI=1S/C28H30N6O4/c1-18(35)29-19-4-6-20(7-5-19)30-27-23-16-25(36-2)26(37-3)17-24(23)32-28(33-27)31-21-8-10-22(11-9-21)34-12-14-38-15-13-34/h4-11,16-17H,12-15H2,1-3H3,(H,29,35)(H2,30,31,32,33). The van der Waals surface area contributed by atoms with Crippen LogP contribution in [0.4, 0.5) is 34.5 Å². The highest BCUT2D eigenvalue weighted by Crippen LogP contribution is 2.36. The number of fused-ring (bicyclic) bond motifs is 1. The van der Waals surface area contributed by atoms with Crippen LogP contribution in [0.15, 0.2) is 60.7 Å². The molecular formula is C28H30N6O4. The number of amides is 1. The minimum atomic E-state index is -0.123. The molecule has 2 heterocycles. The van der Waals surface area contributed by atoms with Crippen molar-refractivity contribution in [1.82, 2.24) is 9.97 Å². The molecule has 0 atom stereocenters. The Labute approximate surface area is 220 Å². The number of hydrogen-bond donors (Lipinski definition) is 3. The number of nitrogens with one attached hydrogen (secondary N) is 3. The summed E-state index contributed by atoms with van der Waals surface area (Å²) in [5.74, 6) is 2.05. The van der Waals surface area contributed by atoms with Crippen LogP contribution in [0.2, 0.25) is 0 Å². The summed E-state index contributed by atoms with van der Waals surface area (Å²) >= 11 is 0. The smallest absolute Gasteiger partial charge is 0.229 e. The maximum atomic E-state index is 11.4. The molecule has 1 aliphatic rings. The van der Waals surface area contributed by atoms with E-state index in [1.165, 1.54) is 6.92 Å². The molecule has 5 rings (SSSR count). The molecule has 0 aliphatic carbocycles. The molecule has 0 bridgehead atoms. The second kappa shape index (κ2) is 11.2. The topological polar surface area (TPSA) is 110 Å². The highest BCUT2D eigenvalue weighted by atomic mass is 16.5. The SMILES string of the molecule is COc1cc2nc(Nc3ccc(N4CCOCC4)cc3)nc(Nc3ccc(NC(C)=O)cc3)c2cc1OC. The molecule has 38 heavy (non-hydrogen) atoms. The van der Waals surface area contributed by atoms with Crippen molar-refractivity contribution in [2.45, 2.75) is 6.92 Å². The first-order chi connectivity index (χ1) is 18.5. The number of carbonyl (C=O) groups excluding carboxylic acids is 1. The number of anilines is 6. The van der Waals surface area contributed by atoms with Crippen molar-refractivity contribution >= 4 is 51.3 Å². The predicted molar refractivity (Wildman–Crippen MR) is 149 cm³/mol. The van der Waals surface area contributed by atoms with E-state index in [1.54, 1.807) is 14.2 Å².